The van der Waals surface area contributed by atoms with Crippen LogP contribution in [0.3, 0.4) is 0 Å². The zero-order valence-electron chi connectivity index (χ0n) is 16.4. The number of carbonyl (C=O) groups excluding carboxylic acids is 2. The largest absolute Gasteiger partial charge is 0.497 e. The molecule has 3 aromatic rings. The number of methoxy groups -OCH3 is 1. The highest BCUT2D eigenvalue weighted by atomic mass is 35.5. The summed E-state index contributed by atoms with van der Waals surface area (Å²) >= 11 is 7.15. The Bertz CT molecular complexity index is 1040. The molecule has 0 aliphatic rings. The molecule has 0 atom stereocenters. The molecule has 0 bridgehead atoms. The molecule has 0 aliphatic carbocycles. The van der Waals surface area contributed by atoms with Gasteiger partial charge in [0.15, 0.2) is 5.16 Å². The third kappa shape index (κ3) is 5.98. The first-order valence-corrected chi connectivity index (χ1v) is 10.3. The molecular weight excluding hydrogens is 426 g/mol. The van der Waals surface area contributed by atoms with E-state index >= 15 is 0 Å². The summed E-state index contributed by atoms with van der Waals surface area (Å²) in [4.78, 5) is 24.4. The highest BCUT2D eigenvalue weighted by Crippen LogP contribution is 2.19. The van der Waals surface area contributed by atoms with Gasteiger partial charge >= 0.3 is 0 Å². The molecule has 30 heavy (non-hydrogen) atoms. The van der Waals surface area contributed by atoms with Crippen molar-refractivity contribution in [1.82, 2.24) is 14.8 Å². The van der Waals surface area contributed by atoms with E-state index in [1.165, 1.54) is 11.8 Å². The second-order valence-corrected chi connectivity index (χ2v) is 7.64. The van der Waals surface area contributed by atoms with Crippen LogP contribution in [0.25, 0.3) is 0 Å². The van der Waals surface area contributed by atoms with Crippen LogP contribution in [-0.2, 0) is 23.1 Å². The number of anilines is 2. The number of benzene rings is 2. The Hall–Kier alpha value is -3.04. The summed E-state index contributed by atoms with van der Waals surface area (Å²) < 4.78 is 6.79. The molecule has 0 radical (unpaired) electrons. The van der Waals surface area contributed by atoms with Crippen LogP contribution in [0.15, 0.2) is 53.7 Å². The smallest absolute Gasteiger partial charge is 0.234 e. The molecule has 156 valence electrons. The standard InChI is InChI=1S/C20H20ClN5O3S/c1-26-17(11-18(27)22-14-6-8-16(29-2)9-7-14)24-25-20(26)30-12-19(28)23-15-5-3-4-13(21)10-15/h3-10H,11-12H2,1-2H3,(H,22,27)(H,23,28). The van der Waals surface area contributed by atoms with Crippen LogP contribution in [0.1, 0.15) is 5.82 Å². The van der Waals surface area contributed by atoms with Crippen molar-refractivity contribution in [2.24, 2.45) is 7.05 Å². The van der Waals surface area contributed by atoms with Gasteiger partial charge in [-0.1, -0.05) is 29.4 Å². The van der Waals surface area contributed by atoms with Crippen LogP contribution in [0.5, 0.6) is 5.75 Å². The van der Waals surface area contributed by atoms with Gasteiger partial charge in [-0.05, 0) is 42.5 Å². The number of amides is 2. The maximum atomic E-state index is 12.3. The van der Waals surface area contributed by atoms with Gasteiger partial charge in [-0.2, -0.15) is 0 Å². The van der Waals surface area contributed by atoms with E-state index in [1.54, 1.807) is 67.3 Å². The molecule has 0 saturated heterocycles. The molecule has 0 unspecified atom stereocenters. The van der Waals surface area contributed by atoms with Gasteiger partial charge in [0.1, 0.15) is 11.6 Å². The fourth-order valence-electron chi connectivity index (χ4n) is 2.54. The fourth-order valence-corrected chi connectivity index (χ4v) is 3.46. The Kier molecular flexibility index (Phi) is 7.31. The monoisotopic (exact) mass is 445 g/mol. The molecule has 2 amide bonds. The Morgan fingerprint density at radius 1 is 1.07 bits per heavy atom. The molecule has 0 aliphatic heterocycles. The third-order valence-corrected chi connectivity index (χ3v) is 5.31. The van der Waals surface area contributed by atoms with E-state index in [-0.39, 0.29) is 24.0 Å². The average molecular weight is 446 g/mol. The van der Waals surface area contributed by atoms with Gasteiger partial charge in [0, 0.05) is 23.4 Å². The number of thioether (sulfide) groups is 1. The van der Waals surface area contributed by atoms with E-state index in [4.69, 9.17) is 16.3 Å². The van der Waals surface area contributed by atoms with Gasteiger partial charge in [0.25, 0.3) is 0 Å². The summed E-state index contributed by atoms with van der Waals surface area (Å²) in [5, 5.41) is 14.8. The quantitative estimate of drug-likeness (QED) is 0.516. The average Bonchev–Trinajstić information content (AvgIpc) is 3.06. The maximum Gasteiger partial charge on any atom is 0.234 e. The molecule has 1 aromatic heterocycles. The number of nitrogens with one attached hydrogen (secondary N) is 2. The van der Waals surface area contributed by atoms with Crippen molar-refractivity contribution in [3.63, 3.8) is 0 Å². The van der Waals surface area contributed by atoms with E-state index in [0.717, 1.165) is 0 Å². The number of halogens is 1. The Labute approximate surface area is 183 Å². The Balaban J connectivity index is 1.52. The lowest BCUT2D eigenvalue weighted by Crippen LogP contribution is -2.17. The third-order valence-electron chi connectivity index (χ3n) is 4.06. The molecule has 0 saturated carbocycles. The molecule has 8 nitrogen and oxygen atoms in total. The number of hydrogen-bond donors (Lipinski definition) is 2. The Morgan fingerprint density at radius 2 is 1.80 bits per heavy atom. The summed E-state index contributed by atoms with van der Waals surface area (Å²) in [6.07, 6.45) is 0.0603. The molecule has 2 N–H and O–H groups in total. The first kappa shape index (κ1) is 21.7. The van der Waals surface area contributed by atoms with Gasteiger partial charge in [0.05, 0.1) is 19.3 Å². The lowest BCUT2D eigenvalue weighted by molar-refractivity contribution is -0.116. The van der Waals surface area contributed by atoms with Crippen LogP contribution in [0.2, 0.25) is 5.02 Å². The normalized spacial score (nSPS) is 10.5. The van der Waals surface area contributed by atoms with Gasteiger partial charge < -0.3 is 19.9 Å². The van der Waals surface area contributed by atoms with E-state index in [2.05, 4.69) is 20.8 Å². The lowest BCUT2D eigenvalue weighted by Gasteiger charge is -2.07. The first-order chi connectivity index (χ1) is 14.4. The molecule has 2 aromatic carbocycles. The predicted molar refractivity (Wildman–Crippen MR) is 117 cm³/mol. The number of aromatic nitrogens is 3. The Morgan fingerprint density at radius 3 is 2.50 bits per heavy atom. The minimum absolute atomic E-state index is 0.0603. The molecule has 3 rings (SSSR count). The van der Waals surface area contributed by atoms with Crippen LogP contribution >= 0.6 is 23.4 Å². The molecule has 0 spiro atoms. The predicted octanol–water partition coefficient (Wildman–Crippen LogP) is 3.39. The van der Waals surface area contributed by atoms with E-state index in [9.17, 15) is 9.59 Å². The number of rotatable bonds is 8. The van der Waals surface area contributed by atoms with Crippen molar-refractivity contribution in [2.75, 3.05) is 23.5 Å². The summed E-state index contributed by atoms with van der Waals surface area (Å²) in [7, 11) is 3.34. The van der Waals surface area contributed by atoms with Crippen LogP contribution in [0.4, 0.5) is 11.4 Å². The maximum absolute atomic E-state index is 12.3. The first-order valence-electron chi connectivity index (χ1n) is 8.95. The van der Waals surface area contributed by atoms with E-state index < -0.39 is 0 Å². The fraction of sp³-hybridized carbons (Fsp3) is 0.200. The molecule has 1 heterocycles. The second-order valence-electron chi connectivity index (χ2n) is 6.26. The zero-order chi connectivity index (χ0) is 21.5. The second kappa shape index (κ2) is 10.1. The molecule has 10 heteroatoms. The summed E-state index contributed by atoms with van der Waals surface area (Å²) in [5.41, 5.74) is 1.29. The van der Waals surface area contributed by atoms with E-state index in [0.29, 0.717) is 33.1 Å². The van der Waals surface area contributed by atoms with Crippen molar-refractivity contribution >= 4 is 46.6 Å². The van der Waals surface area contributed by atoms with Gasteiger partial charge in [-0.25, -0.2) is 0 Å². The van der Waals surface area contributed by atoms with Crippen molar-refractivity contribution < 1.29 is 14.3 Å². The van der Waals surface area contributed by atoms with Gasteiger partial charge in [-0.15, -0.1) is 10.2 Å². The summed E-state index contributed by atoms with van der Waals surface area (Å²) in [6.45, 7) is 0. The lowest BCUT2D eigenvalue weighted by atomic mass is 10.3. The highest BCUT2D eigenvalue weighted by molar-refractivity contribution is 7.99. The molecular formula is C20H20ClN5O3S. The van der Waals surface area contributed by atoms with Gasteiger partial charge in [0.2, 0.25) is 11.8 Å². The van der Waals surface area contributed by atoms with Crippen molar-refractivity contribution in [2.45, 2.75) is 11.6 Å². The van der Waals surface area contributed by atoms with Crippen molar-refractivity contribution in [1.29, 1.82) is 0 Å². The number of ether oxygens (including phenoxy) is 1. The minimum Gasteiger partial charge on any atom is -0.497 e. The summed E-state index contributed by atoms with van der Waals surface area (Å²) in [6, 6.07) is 14.0. The van der Waals surface area contributed by atoms with Gasteiger partial charge in [-0.3, -0.25) is 9.59 Å². The van der Waals surface area contributed by atoms with Crippen LogP contribution in [0, 0.1) is 0 Å². The summed E-state index contributed by atoms with van der Waals surface area (Å²) in [5.74, 6) is 0.951. The van der Waals surface area contributed by atoms with Crippen molar-refractivity contribution in [3.8, 4) is 5.75 Å². The SMILES string of the molecule is COc1ccc(NC(=O)Cc2nnc(SCC(=O)Nc3cccc(Cl)c3)n2C)cc1. The van der Waals surface area contributed by atoms with Crippen LogP contribution < -0.4 is 15.4 Å². The van der Waals surface area contributed by atoms with Crippen molar-refractivity contribution in [3.05, 3.63) is 59.4 Å². The van der Waals surface area contributed by atoms with E-state index in [1.807, 2.05) is 0 Å². The minimum atomic E-state index is -0.217. The number of carbonyl (C=O) groups is 2. The number of nitrogens with zero attached hydrogens (tertiary/aromatic N) is 3. The zero-order valence-corrected chi connectivity index (χ0v) is 18.0. The highest BCUT2D eigenvalue weighted by Gasteiger charge is 2.15. The number of hydrogen-bond acceptors (Lipinski definition) is 6. The molecule has 0 fully saturated rings. The topological polar surface area (TPSA) is 98.1 Å². The van der Waals surface area contributed by atoms with Crippen LogP contribution in [-0.4, -0.2) is 39.4 Å².